The summed E-state index contributed by atoms with van der Waals surface area (Å²) >= 11 is 1.14. The van der Waals surface area contributed by atoms with Gasteiger partial charge in [-0.05, 0) is 12.0 Å². The van der Waals surface area contributed by atoms with Crippen LogP contribution in [0.1, 0.15) is 5.56 Å². The maximum Gasteiger partial charge on any atom is 0.261 e. The van der Waals surface area contributed by atoms with Crippen LogP contribution in [0.15, 0.2) is 30.3 Å². The van der Waals surface area contributed by atoms with Gasteiger partial charge in [0.05, 0.1) is 0 Å². The fourth-order valence-corrected chi connectivity index (χ4v) is 2.69. The van der Waals surface area contributed by atoms with Crippen molar-refractivity contribution >= 4 is 18.0 Å². The van der Waals surface area contributed by atoms with Gasteiger partial charge in [0.2, 0.25) is 0 Å². The van der Waals surface area contributed by atoms with E-state index in [2.05, 4.69) is 0 Å². The number of benzene rings is 1. The molecule has 72 valence electrons. The predicted molar refractivity (Wildman–Crippen MR) is 58.6 cm³/mol. The van der Waals surface area contributed by atoms with Crippen LogP contribution in [0.4, 0.5) is 0 Å². The van der Waals surface area contributed by atoms with E-state index in [1.165, 1.54) is 5.56 Å². The summed E-state index contributed by atoms with van der Waals surface area (Å²) in [5.41, 5.74) is 11.6. The fraction of sp³-hybridized carbons (Fsp3) is 0.250. The molecule has 0 spiro atoms. The van der Waals surface area contributed by atoms with E-state index in [0.717, 1.165) is 17.8 Å². The lowest BCUT2D eigenvalue weighted by Gasteiger charge is -2.04. The normalized spacial score (nSPS) is 11.5. The Labute approximate surface area is 82.1 Å². The quantitative estimate of drug-likeness (QED) is 0.755. The molecule has 0 saturated carbocycles. The van der Waals surface area contributed by atoms with Crippen molar-refractivity contribution in [1.82, 2.24) is 0 Å². The molecule has 1 rings (SSSR count). The van der Waals surface area contributed by atoms with Gasteiger partial charge < -0.3 is 0 Å². The maximum absolute atomic E-state index is 10.9. The number of rotatable bonds is 4. The molecule has 0 saturated heterocycles. The summed E-state index contributed by atoms with van der Waals surface area (Å²) in [6.45, 7) is -2.89. The SMILES string of the molecule is NP(N)(=O)SCCc1ccccc1. The molecule has 0 radical (unpaired) electrons. The standard InChI is InChI=1S/C8H13N2OPS/c9-12(10,11)13-7-6-8-4-2-1-3-5-8/h1-5H,6-7H2,(H4,9,10,11). The fourth-order valence-electron chi connectivity index (χ4n) is 0.951. The molecule has 0 aliphatic rings. The van der Waals surface area contributed by atoms with Crippen molar-refractivity contribution < 1.29 is 4.57 Å². The Kier molecular flexibility index (Phi) is 4.00. The largest absolute Gasteiger partial charge is 0.277 e. The van der Waals surface area contributed by atoms with Gasteiger partial charge >= 0.3 is 0 Å². The second-order valence-electron chi connectivity index (χ2n) is 2.71. The summed E-state index contributed by atoms with van der Waals surface area (Å²) in [7, 11) is 0. The minimum absolute atomic E-state index is 0.703. The van der Waals surface area contributed by atoms with E-state index >= 15 is 0 Å². The second-order valence-corrected chi connectivity index (χ2v) is 7.16. The zero-order valence-electron chi connectivity index (χ0n) is 7.22. The van der Waals surface area contributed by atoms with Gasteiger partial charge in [0.25, 0.3) is 6.65 Å². The van der Waals surface area contributed by atoms with Gasteiger partial charge in [-0.3, -0.25) is 15.6 Å². The first-order chi connectivity index (χ1) is 6.08. The van der Waals surface area contributed by atoms with E-state index in [1.54, 1.807) is 0 Å². The molecule has 0 unspecified atom stereocenters. The summed E-state index contributed by atoms with van der Waals surface area (Å²) in [5.74, 6) is 0.703. The maximum atomic E-state index is 10.9. The molecule has 1 aromatic carbocycles. The van der Waals surface area contributed by atoms with Gasteiger partial charge in [-0.15, -0.1) is 0 Å². The van der Waals surface area contributed by atoms with Crippen LogP contribution < -0.4 is 11.0 Å². The van der Waals surface area contributed by atoms with Crippen LogP contribution in [-0.4, -0.2) is 5.75 Å². The summed E-state index contributed by atoms with van der Waals surface area (Å²) in [6, 6.07) is 9.97. The zero-order valence-corrected chi connectivity index (χ0v) is 8.93. The summed E-state index contributed by atoms with van der Waals surface area (Å²) in [4.78, 5) is 0. The molecule has 0 aliphatic heterocycles. The van der Waals surface area contributed by atoms with Crippen molar-refractivity contribution in [2.75, 3.05) is 5.75 Å². The van der Waals surface area contributed by atoms with E-state index in [4.69, 9.17) is 11.0 Å². The summed E-state index contributed by atoms with van der Waals surface area (Å²) in [5, 5.41) is 0. The van der Waals surface area contributed by atoms with E-state index in [-0.39, 0.29) is 0 Å². The molecule has 3 nitrogen and oxygen atoms in total. The zero-order chi connectivity index (χ0) is 9.73. The molecule has 0 bridgehead atoms. The molecule has 1 aromatic rings. The number of hydrogen-bond donors (Lipinski definition) is 2. The Balaban J connectivity index is 2.33. The van der Waals surface area contributed by atoms with Crippen LogP contribution in [0.25, 0.3) is 0 Å². The smallest absolute Gasteiger partial charge is 0.261 e. The molecular formula is C8H13N2OPS. The van der Waals surface area contributed by atoms with Gasteiger partial charge in [-0.25, -0.2) is 0 Å². The van der Waals surface area contributed by atoms with Gasteiger partial charge in [-0.2, -0.15) is 0 Å². The van der Waals surface area contributed by atoms with E-state index in [0.29, 0.717) is 5.75 Å². The highest BCUT2D eigenvalue weighted by Gasteiger charge is 2.07. The number of hydrogen-bond acceptors (Lipinski definition) is 2. The number of nitrogens with two attached hydrogens (primary N) is 2. The van der Waals surface area contributed by atoms with Crippen LogP contribution in [-0.2, 0) is 11.0 Å². The number of aryl methyl sites for hydroxylation is 1. The highest BCUT2D eigenvalue weighted by Crippen LogP contribution is 2.42. The first-order valence-electron chi connectivity index (χ1n) is 3.93. The van der Waals surface area contributed by atoms with E-state index in [9.17, 15) is 4.57 Å². The van der Waals surface area contributed by atoms with Crippen LogP contribution in [0, 0.1) is 0 Å². The molecule has 5 heteroatoms. The van der Waals surface area contributed by atoms with Crippen molar-refractivity contribution in [2.24, 2.45) is 11.0 Å². The molecule has 0 amide bonds. The van der Waals surface area contributed by atoms with Crippen molar-refractivity contribution in [3.05, 3.63) is 35.9 Å². The predicted octanol–water partition coefficient (Wildman–Crippen LogP) is 1.99. The first kappa shape index (κ1) is 10.8. The van der Waals surface area contributed by atoms with Crippen LogP contribution >= 0.6 is 18.0 Å². The van der Waals surface area contributed by atoms with Crippen molar-refractivity contribution in [3.63, 3.8) is 0 Å². The third-order valence-corrected chi connectivity index (χ3v) is 4.08. The Bertz CT molecular complexity index is 298. The molecule has 4 N–H and O–H groups in total. The van der Waals surface area contributed by atoms with Crippen LogP contribution in [0.3, 0.4) is 0 Å². The van der Waals surface area contributed by atoms with Crippen LogP contribution in [0.2, 0.25) is 0 Å². The minimum Gasteiger partial charge on any atom is -0.277 e. The van der Waals surface area contributed by atoms with E-state index < -0.39 is 6.65 Å². The average molecular weight is 216 g/mol. The molecular weight excluding hydrogens is 203 g/mol. The minimum atomic E-state index is -2.89. The molecule has 0 aromatic heterocycles. The third-order valence-electron chi connectivity index (χ3n) is 1.53. The van der Waals surface area contributed by atoms with Crippen molar-refractivity contribution in [3.8, 4) is 0 Å². The van der Waals surface area contributed by atoms with Gasteiger partial charge in [0, 0.05) is 5.75 Å². The first-order valence-corrected chi connectivity index (χ1v) is 7.37. The van der Waals surface area contributed by atoms with Gasteiger partial charge in [0.1, 0.15) is 0 Å². The Morgan fingerprint density at radius 3 is 2.38 bits per heavy atom. The monoisotopic (exact) mass is 216 g/mol. The van der Waals surface area contributed by atoms with Gasteiger partial charge in [-0.1, -0.05) is 41.7 Å². The molecule has 0 atom stereocenters. The van der Waals surface area contributed by atoms with Crippen LogP contribution in [0.5, 0.6) is 0 Å². The lowest BCUT2D eigenvalue weighted by Crippen LogP contribution is -2.01. The highest BCUT2D eigenvalue weighted by molar-refractivity contribution is 8.56. The summed E-state index contributed by atoms with van der Waals surface area (Å²) in [6.07, 6.45) is 0.851. The molecule has 13 heavy (non-hydrogen) atoms. The Hall–Kier alpha value is -0.280. The van der Waals surface area contributed by atoms with E-state index in [1.807, 2.05) is 30.3 Å². The third kappa shape index (κ3) is 5.11. The lowest BCUT2D eigenvalue weighted by molar-refractivity contribution is 0.587. The van der Waals surface area contributed by atoms with Crippen molar-refractivity contribution in [2.45, 2.75) is 6.42 Å². The molecule has 0 heterocycles. The summed E-state index contributed by atoms with van der Waals surface area (Å²) < 4.78 is 10.9. The topological polar surface area (TPSA) is 69.1 Å². The second kappa shape index (κ2) is 4.82. The lowest BCUT2D eigenvalue weighted by atomic mass is 10.2. The molecule has 0 aliphatic carbocycles. The Morgan fingerprint density at radius 1 is 1.23 bits per heavy atom. The van der Waals surface area contributed by atoms with Gasteiger partial charge in [0.15, 0.2) is 0 Å². The van der Waals surface area contributed by atoms with Crippen molar-refractivity contribution in [1.29, 1.82) is 0 Å². The Morgan fingerprint density at radius 2 is 1.85 bits per heavy atom. The highest BCUT2D eigenvalue weighted by atomic mass is 32.7. The average Bonchev–Trinajstić information content (AvgIpc) is 2.04. The molecule has 0 fully saturated rings.